The van der Waals surface area contributed by atoms with Crippen molar-refractivity contribution in [3.8, 4) is 11.5 Å². The van der Waals surface area contributed by atoms with Crippen molar-refractivity contribution in [1.29, 1.82) is 0 Å². The third-order valence-corrected chi connectivity index (χ3v) is 5.92. The van der Waals surface area contributed by atoms with Gasteiger partial charge in [0.25, 0.3) is 5.91 Å². The van der Waals surface area contributed by atoms with Gasteiger partial charge in [0.05, 0.1) is 5.75 Å². The molecule has 0 unspecified atom stereocenters. The number of nitrogens with zero attached hydrogens (tertiary/aromatic N) is 1. The first-order valence-electron chi connectivity index (χ1n) is 7.65. The number of hydrogen-bond acceptors (Lipinski definition) is 5. The molecule has 1 saturated heterocycles. The molecule has 0 saturated carbocycles. The maximum Gasteiger partial charge on any atom is 0.265 e. The van der Waals surface area contributed by atoms with Crippen LogP contribution in [-0.2, 0) is 14.8 Å². The van der Waals surface area contributed by atoms with Gasteiger partial charge in [-0.1, -0.05) is 12.1 Å². The van der Waals surface area contributed by atoms with E-state index in [1.807, 2.05) is 12.1 Å². The predicted molar refractivity (Wildman–Crippen MR) is 83.9 cm³/mol. The Balaban J connectivity index is 1.55. The minimum absolute atomic E-state index is 0.189. The number of amides is 1. The Morgan fingerprint density at radius 3 is 2.65 bits per heavy atom. The Morgan fingerprint density at radius 1 is 1.30 bits per heavy atom. The molecule has 2 atom stereocenters. The SMILES string of the molecule is C[C@@H]1Oc2ccccc2O[C@@H]1C(=O)NCCN1CCCS1(=O)=O. The number of benzene rings is 1. The zero-order valence-corrected chi connectivity index (χ0v) is 13.7. The smallest absolute Gasteiger partial charge is 0.265 e. The van der Waals surface area contributed by atoms with Crippen molar-refractivity contribution in [2.45, 2.75) is 25.6 Å². The molecule has 8 heteroatoms. The fourth-order valence-corrected chi connectivity index (χ4v) is 4.28. The lowest BCUT2D eigenvalue weighted by atomic mass is 10.1. The number of carbonyl (C=O) groups is 1. The molecule has 1 aromatic carbocycles. The molecule has 1 fully saturated rings. The van der Waals surface area contributed by atoms with Crippen molar-refractivity contribution in [2.75, 3.05) is 25.4 Å². The van der Waals surface area contributed by atoms with Crippen LogP contribution < -0.4 is 14.8 Å². The Hall–Kier alpha value is -1.80. The molecule has 0 aromatic heterocycles. The molecule has 0 radical (unpaired) electrons. The van der Waals surface area contributed by atoms with Crippen LogP contribution in [0.4, 0.5) is 0 Å². The van der Waals surface area contributed by atoms with Gasteiger partial charge in [-0.15, -0.1) is 0 Å². The quantitative estimate of drug-likeness (QED) is 0.856. The van der Waals surface area contributed by atoms with E-state index >= 15 is 0 Å². The highest BCUT2D eigenvalue weighted by atomic mass is 32.2. The van der Waals surface area contributed by atoms with Gasteiger partial charge >= 0.3 is 0 Å². The topological polar surface area (TPSA) is 84.9 Å². The van der Waals surface area contributed by atoms with Gasteiger partial charge in [-0.25, -0.2) is 12.7 Å². The van der Waals surface area contributed by atoms with Crippen LogP contribution in [0.2, 0.25) is 0 Å². The van der Waals surface area contributed by atoms with Crippen molar-refractivity contribution < 1.29 is 22.7 Å². The van der Waals surface area contributed by atoms with Gasteiger partial charge < -0.3 is 14.8 Å². The lowest BCUT2D eigenvalue weighted by molar-refractivity contribution is -0.133. The summed E-state index contributed by atoms with van der Waals surface area (Å²) in [5.41, 5.74) is 0. The highest BCUT2D eigenvalue weighted by Gasteiger charge is 2.34. The van der Waals surface area contributed by atoms with Gasteiger partial charge in [0.2, 0.25) is 16.1 Å². The van der Waals surface area contributed by atoms with Gasteiger partial charge in [0, 0.05) is 19.6 Å². The van der Waals surface area contributed by atoms with E-state index in [-0.39, 0.29) is 24.7 Å². The maximum atomic E-state index is 12.3. The van der Waals surface area contributed by atoms with Crippen LogP contribution in [0.15, 0.2) is 24.3 Å². The van der Waals surface area contributed by atoms with E-state index < -0.39 is 22.2 Å². The first-order valence-corrected chi connectivity index (χ1v) is 9.26. The number of carbonyl (C=O) groups excluding carboxylic acids is 1. The molecule has 0 bridgehead atoms. The second-order valence-corrected chi connectivity index (χ2v) is 7.76. The van der Waals surface area contributed by atoms with E-state index in [1.165, 1.54) is 4.31 Å². The van der Waals surface area contributed by atoms with E-state index in [2.05, 4.69) is 5.32 Å². The Morgan fingerprint density at radius 2 is 2.00 bits per heavy atom. The molecule has 2 aliphatic heterocycles. The molecule has 3 rings (SSSR count). The Labute approximate surface area is 135 Å². The zero-order chi connectivity index (χ0) is 16.4. The lowest BCUT2D eigenvalue weighted by Crippen LogP contribution is -2.50. The van der Waals surface area contributed by atoms with Crippen LogP contribution in [0.3, 0.4) is 0 Å². The van der Waals surface area contributed by atoms with E-state index in [4.69, 9.17) is 9.47 Å². The number of sulfonamides is 1. The summed E-state index contributed by atoms with van der Waals surface area (Å²) in [5.74, 6) is 1.04. The van der Waals surface area contributed by atoms with Crippen LogP contribution in [0.5, 0.6) is 11.5 Å². The fourth-order valence-electron chi connectivity index (χ4n) is 2.75. The highest BCUT2D eigenvalue weighted by Crippen LogP contribution is 2.33. The average molecular weight is 340 g/mol. The van der Waals surface area contributed by atoms with Crippen LogP contribution in [0.25, 0.3) is 0 Å². The van der Waals surface area contributed by atoms with Gasteiger partial charge in [-0.05, 0) is 25.5 Å². The maximum absolute atomic E-state index is 12.3. The molecule has 126 valence electrons. The lowest BCUT2D eigenvalue weighted by Gasteiger charge is -2.31. The molecule has 1 N–H and O–H groups in total. The standard InChI is InChI=1S/C15H20N2O5S/c1-11-14(22-13-6-3-2-5-12(13)21-11)15(18)16-7-9-17-8-4-10-23(17,19)20/h2-3,5-6,11,14H,4,7-10H2,1H3,(H,16,18)/t11-,14-/m0/s1. The predicted octanol–water partition coefficient (Wildman–Crippen LogP) is 0.367. The molecule has 0 spiro atoms. The van der Waals surface area contributed by atoms with Gasteiger partial charge in [-0.3, -0.25) is 4.79 Å². The third kappa shape index (κ3) is 3.42. The molecule has 7 nitrogen and oxygen atoms in total. The van der Waals surface area contributed by atoms with E-state index in [1.54, 1.807) is 19.1 Å². The van der Waals surface area contributed by atoms with Crippen LogP contribution in [0, 0.1) is 0 Å². The molecule has 1 amide bonds. The monoisotopic (exact) mass is 340 g/mol. The van der Waals surface area contributed by atoms with Crippen LogP contribution in [0.1, 0.15) is 13.3 Å². The minimum atomic E-state index is -3.13. The van der Waals surface area contributed by atoms with Crippen LogP contribution in [-0.4, -0.2) is 56.2 Å². The summed E-state index contributed by atoms with van der Waals surface area (Å²) in [6, 6.07) is 7.19. The van der Waals surface area contributed by atoms with Gasteiger partial charge in [0.1, 0.15) is 6.10 Å². The number of fused-ring (bicyclic) bond motifs is 1. The van der Waals surface area contributed by atoms with Crippen molar-refractivity contribution in [1.82, 2.24) is 9.62 Å². The summed E-state index contributed by atoms with van der Waals surface area (Å²) in [4.78, 5) is 12.3. The third-order valence-electron chi connectivity index (χ3n) is 3.96. The van der Waals surface area contributed by atoms with Crippen molar-refractivity contribution in [2.24, 2.45) is 0 Å². The van der Waals surface area contributed by atoms with E-state index in [9.17, 15) is 13.2 Å². The van der Waals surface area contributed by atoms with Crippen LogP contribution >= 0.6 is 0 Å². The highest BCUT2D eigenvalue weighted by molar-refractivity contribution is 7.89. The summed E-state index contributed by atoms with van der Waals surface area (Å²) in [6.07, 6.45) is -0.524. The number of rotatable bonds is 4. The first kappa shape index (κ1) is 16.1. The second-order valence-electron chi connectivity index (χ2n) is 5.67. The van der Waals surface area contributed by atoms with E-state index in [0.29, 0.717) is 24.5 Å². The van der Waals surface area contributed by atoms with Crippen molar-refractivity contribution in [3.05, 3.63) is 24.3 Å². The largest absolute Gasteiger partial charge is 0.482 e. The fraction of sp³-hybridized carbons (Fsp3) is 0.533. The molecule has 0 aliphatic carbocycles. The summed E-state index contributed by atoms with van der Waals surface area (Å²) in [5, 5.41) is 2.73. The molecule has 2 aliphatic rings. The number of para-hydroxylation sites is 2. The van der Waals surface area contributed by atoms with Gasteiger partial charge in [0.15, 0.2) is 11.5 Å². The molecular formula is C15H20N2O5S. The zero-order valence-electron chi connectivity index (χ0n) is 12.9. The van der Waals surface area contributed by atoms with E-state index in [0.717, 1.165) is 0 Å². The summed E-state index contributed by atoms with van der Waals surface area (Å²) < 4.78 is 36.2. The summed E-state index contributed by atoms with van der Waals surface area (Å²) in [7, 11) is -3.13. The average Bonchev–Trinajstić information content (AvgIpc) is 2.85. The van der Waals surface area contributed by atoms with Crippen molar-refractivity contribution in [3.63, 3.8) is 0 Å². The normalized spacial score (nSPS) is 26.0. The molecule has 2 heterocycles. The first-order chi connectivity index (χ1) is 11.0. The Kier molecular flexibility index (Phi) is 4.45. The second kappa shape index (κ2) is 6.37. The van der Waals surface area contributed by atoms with Gasteiger partial charge in [-0.2, -0.15) is 0 Å². The number of nitrogens with one attached hydrogen (secondary N) is 1. The molecular weight excluding hydrogens is 320 g/mol. The minimum Gasteiger partial charge on any atom is -0.482 e. The molecule has 23 heavy (non-hydrogen) atoms. The molecule has 1 aromatic rings. The Bertz CT molecular complexity index is 691. The number of hydrogen-bond donors (Lipinski definition) is 1. The number of ether oxygens (including phenoxy) is 2. The summed E-state index contributed by atoms with van der Waals surface area (Å²) in [6.45, 7) is 2.83. The van der Waals surface area contributed by atoms with Crippen molar-refractivity contribution >= 4 is 15.9 Å². The summed E-state index contributed by atoms with van der Waals surface area (Å²) >= 11 is 0.